The van der Waals surface area contributed by atoms with Gasteiger partial charge < -0.3 is 45.0 Å². The van der Waals surface area contributed by atoms with Crippen molar-refractivity contribution in [2.75, 3.05) is 84.1 Å². The Morgan fingerprint density at radius 2 is 1.52 bits per heavy atom. The first kappa shape index (κ1) is 46.7. The number of ether oxygens (including phenoxy) is 2. The van der Waals surface area contributed by atoms with Gasteiger partial charge in [-0.2, -0.15) is 13.2 Å². The van der Waals surface area contributed by atoms with Gasteiger partial charge in [0.15, 0.2) is 6.10 Å². The number of nitrogen functional groups attached to an aromatic ring is 1. The molecule has 2 aromatic rings. The molecule has 0 spiro atoms. The van der Waals surface area contributed by atoms with E-state index in [-0.39, 0.29) is 66.9 Å². The summed E-state index contributed by atoms with van der Waals surface area (Å²) in [6, 6.07) is 9.42. The fourth-order valence-corrected chi connectivity index (χ4v) is 9.38. The number of alkyl halides is 3. The SMILES string of the molecule is CN(C)CCCOC(=O)CCC(=O)N1CCC(C2CCN(C(=O)[C@@H](Cc3cc(Cl)c(N)c(C(F)(F)F)c3)OC(=O)N3CCC(N4CCc5ccccc5NC4=O)CC3)CC2)CC1. The third kappa shape index (κ3) is 12.2. The number of carbonyl (C=O) groups excluding carboxylic acids is 5. The summed E-state index contributed by atoms with van der Waals surface area (Å²) < 4.78 is 53.0. The fraction of sp³-hybridized carbons (Fsp3) is 0.614. The first-order valence-electron chi connectivity index (χ1n) is 21.7. The lowest BCUT2D eigenvalue weighted by Gasteiger charge is -2.41. The van der Waals surface area contributed by atoms with Gasteiger partial charge in [-0.1, -0.05) is 29.8 Å². The van der Waals surface area contributed by atoms with Crippen molar-refractivity contribution >= 4 is 52.9 Å². The molecule has 1 atom stereocenters. The van der Waals surface area contributed by atoms with E-state index in [1.807, 2.05) is 43.3 Å². The van der Waals surface area contributed by atoms with E-state index in [0.717, 1.165) is 43.1 Å². The van der Waals surface area contributed by atoms with Crippen LogP contribution >= 0.6 is 11.6 Å². The van der Waals surface area contributed by atoms with Gasteiger partial charge in [-0.3, -0.25) is 14.4 Å². The van der Waals surface area contributed by atoms with Crippen LogP contribution in [0.3, 0.4) is 0 Å². The molecule has 3 N–H and O–H groups in total. The van der Waals surface area contributed by atoms with Gasteiger partial charge in [-0.05, 0) is 107 Å². The number of piperidine rings is 3. The minimum atomic E-state index is -4.80. The average Bonchev–Trinajstić information content (AvgIpc) is 3.42. The van der Waals surface area contributed by atoms with Crippen LogP contribution in [0.15, 0.2) is 36.4 Å². The highest BCUT2D eigenvalue weighted by Gasteiger charge is 2.39. The molecule has 0 aromatic heterocycles. The van der Waals surface area contributed by atoms with E-state index in [4.69, 9.17) is 26.8 Å². The summed E-state index contributed by atoms with van der Waals surface area (Å²) in [5.41, 5.74) is 5.79. The van der Waals surface area contributed by atoms with Crippen LogP contribution in [0.25, 0.3) is 0 Å². The maximum Gasteiger partial charge on any atom is 0.418 e. The highest BCUT2D eigenvalue weighted by atomic mass is 35.5. The van der Waals surface area contributed by atoms with Crippen molar-refractivity contribution in [3.8, 4) is 0 Å². The van der Waals surface area contributed by atoms with Crippen molar-refractivity contribution in [2.45, 2.75) is 89.0 Å². The summed E-state index contributed by atoms with van der Waals surface area (Å²) in [7, 11) is 3.89. The number of carbonyl (C=O) groups is 5. The molecule has 3 saturated heterocycles. The Kier molecular flexibility index (Phi) is 15.9. The molecule has 6 rings (SSSR count). The number of likely N-dealkylation sites (tertiary alicyclic amines) is 3. The number of hydrogen-bond acceptors (Lipinski definition) is 9. The highest BCUT2D eigenvalue weighted by Crippen LogP contribution is 2.39. The molecule has 3 fully saturated rings. The molecule has 0 bridgehead atoms. The molecule has 0 unspecified atom stereocenters. The molecule has 14 nitrogen and oxygen atoms in total. The van der Waals surface area contributed by atoms with Crippen molar-refractivity contribution in [3.05, 3.63) is 58.1 Å². The molecule has 18 heteroatoms. The molecule has 340 valence electrons. The monoisotopic (exact) mass is 889 g/mol. The van der Waals surface area contributed by atoms with Gasteiger partial charge >= 0.3 is 24.3 Å². The number of fused-ring (bicyclic) bond motifs is 1. The van der Waals surface area contributed by atoms with Crippen LogP contribution in [0.5, 0.6) is 0 Å². The average molecular weight is 890 g/mol. The lowest BCUT2D eigenvalue weighted by Crippen LogP contribution is -2.52. The number of rotatable bonds is 13. The topological polar surface area (TPSA) is 158 Å². The van der Waals surface area contributed by atoms with Crippen molar-refractivity contribution in [1.82, 2.24) is 24.5 Å². The number of esters is 1. The zero-order valence-electron chi connectivity index (χ0n) is 35.6. The van der Waals surface area contributed by atoms with Gasteiger partial charge in [0.1, 0.15) is 0 Å². The minimum Gasteiger partial charge on any atom is -0.466 e. The normalized spacial score (nSPS) is 18.9. The third-order valence-corrected chi connectivity index (χ3v) is 13.0. The molecule has 2 aromatic carbocycles. The Morgan fingerprint density at radius 3 is 2.16 bits per heavy atom. The largest absolute Gasteiger partial charge is 0.466 e. The first-order valence-corrected chi connectivity index (χ1v) is 22.1. The maximum absolute atomic E-state index is 14.2. The molecular formula is C44H59ClF3N7O7. The van der Waals surface area contributed by atoms with E-state index in [0.29, 0.717) is 83.3 Å². The number of nitrogens with zero attached hydrogens (tertiary/aromatic N) is 5. The van der Waals surface area contributed by atoms with Gasteiger partial charge in [0.25, 0.3) is 5.91 Å². The van der Waals surface area contributed by atoms with Crippen LogP contribution in [-0.4, -0.2) is 140 Å². The van der Waals surface area contributed by atoms with E-state index < -0.39 is 35.5 Å². The summed E-state index contributed by atoms with van der Waals surface area (Å²) in [6.07, 6.45) is -1.87. The summed E-state index contributed by atoms with van der Waals surface area (Å²) in [4.78, 5) is 74.8. The summed E-state index contributed by atoms with van der Waals surface area (Å²) in [5, 5.41) is 2.66. The molecule has 0 saturated carbocycles. The molecule has 0 radical (unpaired) electrons. The zero-order chi connectivity index (χ0) is 44.6. The van der Waals surface area contributed by atoms with Crippen molar-refractivity contribution in [3.63, 3.8) is 0 Å². The molecule has 4 heterocycles. The van der Waals surface area contributed by atoms with Crippen LogP contribution < -0.4 is 11.1 Å². The number of nitrogens with one attached hydrogen (secondary N) is 1. The maximum atomic E-state index is 14.2. The molecule has 5 amide bonds. The van der Waals surface area contributed by atoms with Crippen molar-refractivity contribution < 1.29 is 46.6 Å². The van der Waals surface area contributed by atoms with Crippen LogP contribution in [0.1, 0.15) is 74.5 Å². The summed E-state index contributed by atoms with van der Waals surface area (Å²) in [5.74, 6) is -0.323. The quantitative estimate of drug-likeness (QED) is 0.134. The van der Waals surface area contributed by atoms with Gasteiger partial charge in [0.2, 0.25) is 5.91 Å². The van der Waals surface area contributed by atoms with Crippen LogP contribution in [0.2, 0.25) is 5.02 Å². The predicted octanol–water partition coefficient (Wildman–Crippen LogP) is 6.30. The Morgan fingerprint density at radius 1 is 0.887 bits per heavy atom. The van der Waals surface area contributed by atoms with Crippen LogP contribution in [0.4, 0.5) is 34.1 Å². The number of para-hydroxylation sites is 1. The Balaban J connectivity index is 1.03. The number of amides is 5. The molecular weight excluding hydrogens is 831 g/mol. The predicted molar refractivity (Wildman–Crippen MR) is 227 cm³/mol. The number of urea groups is 1. The van der Waals surface area contributed by atoms with Gasteiger partial charge in [0, 0.05) is 76.9 Å². The Labute approximate surface area is 366 Å². The lowest BCUT2D eigenvalue weighted by molar-refractivity contribution is -0.146. The van der Waals surface area contributed by atoms with Gasteiger partial charge in [0.05, 0.1) is 29.3 Å². The smallest absolute Gasteiger partial charge is 0.418 e. The number of benzene rings is 2. The van der Waals surface area contributed by atoms with Crippen molar-refractivity contribution in [1.29, 1.82) is 0 Å². The second-order valence-electron chi connectivity index (χ2n) is 17.1. The second kappa shape index (κ2) is 21.1. The van der Waals surface area contributed by atoms with E-state index >= 15 is 0 Å². The number of halogens is 4. The fourth-order valence-electron chi connectivity index (χ4n) is 9.14. The second-order valence-corrected chi connectivity index (χ2v) is 17.5. The molecule has 62 heavy (non-hydrogen) atoms. The molecule has 4 aliphatic heterocycles. The highest BCUT2D eigenvalue weighted by molar-refractivity contribution is 6.33. The molecule has 0 aliphatic carbocycles. The van der Waals surface area contributed by atoms with E-state index in [2.05, 4.69) is 5.32 Å². The lowest BCUT2D eigenvalue weighted by atomic mass is 9.78. The zero-order valence-corrected chi connectivity index (χ0v) is 36.4. The Bertz CT molecular complexity index is 1910. The summed E-state index contributed by atoms with van der Waals surface area (Å²) >= 11 is 6.15. The van der Waals surface area contributed by atoms with E-state index in [1.165, 1.54) is 11.0 Å². The number of anilines is 2. The van der Waals surface area contributed by atoms with E-state index in [9.17, 15) is 37.1 Å². The van der Waals surface area contributed by atoms with E-state index in [1.54, 1.807) is 14.7 Å². The molecule has 4 aliphatic rings. The number of nitrogens with two attached hydrogens (primary N) is 1. The van der Waals surface area contributed by atoms with Gasteiger partial charge in [-0.15, -0.1) is 0 Å². The number of hydrogen-bond donors (Lipinski definition) is 2. The Hall–Kier alpha value is -4.77. The van der Waals surface area contributed by atoms with Crippen LogP contribution in [0, 0.1) is 11.8 Å². The first-order chi connectivity index (χ1) is 29.6. The van der Waals surface area contributed by atoms with Crippen molar-refractivity contribution in [2.24, 2.45) is 11.8 Å². The van der Waals surface area contributed by atoms with Crippen LogP contribution in [-0.2, 0) is 42.9 Å². The standard InChI is InChI=1S/C44H59ClF3N7O7/c1-51(2)17-5-25-61-39(57)9-8-38(56)52-18-10-30(11-19-52)31-12-20-53(21-13-31)41(58)37(28-29-26-34(44(46,47)48)40(49)35(45)27-29)62-43(60)54-22-15-33(16-23-54)55-24-14-32-6-3-4-7-36(32)50-42(55)59/h3-4,6-7,26-27,30-31,33,37H,5,8-25,28,49H2,1-2H3,(H,50,59)/t37-/m1/s1. The van der Waals surface area contributed by atoms with Gasteiger partial charge in [-0.25, -0.2) is 9.59 Å². The third-order valence-electron chi connectivity index (χ3n) is 12.7. The summed E-state index contributed by atoms with van der Waals surface area (Å²) in [6.45, 7) is 4.07. The minimum absolute atomic E-state index is 0.0441.